The molecule has 1 saturated heterocycles. The number of likely N-dealkylation sites (tertiary alicyclic amines) is 1. The summed E-state index contributed by atoms with van der Waals surface area (Å²) in [7, 11) is 0. The summed E-state index contributed by atoms with van der Waals surface area (Å²) in [5.41, 5.74) is 0.853. The first-order valence-electron chi connectivity index (χ1n) is 8.48. The second kappa shape index (κ2) is 7.25. The molecule has 3 heterocycles. The predicted molar refractivity (Wildman–Crippen MR) is 88.7 cm³/mol. The fraction of sp³-hybridized carbons (Fsp3) is 0.333. The quantitative estimate of drug-likeness (QED) is 0.712. The maximum absolute atomic E-state index is 14.0. The van der Waals surface area contributed by atoms with Crippen LogP contribution in [-0.2, 0) is 6.54 Å². The predicted octanol–water partition coefficient (Wildman–Crippen LogP) is 3.53. The number of hydrogen-bond donors (Lipinski definition) is 0. The Morgan fingerprint density at radius 2 is 2.12 bits per heavy atom. The van der Waals surface area contributed by atoms with Crippen molar-refractivity contribution in [2.75, 3.05) is 6.54 Å². The number of aromatic nitrogens is 4. The van der Waals surface area contributed by atoms with Crippen LogP contribution in [0.15, 0.2) is 41.3 Å². The average molecular weight is 357 g/mol. The van der Waals surface area contributed by atoms with Crippen molar-refractivity contribution in [3.05, 3.63) is 59.9 Å². The molecule has 2 aromatic heterocycles. The summed E-state index contributed by atoms with van der Waals surface area (Å²) in [6, 6.07) is 3.38. The van der Waals surface area contributed by atoms with E-state index in [1.807, 2.05) is 0 Å². The van der Waals surface area contributed by atoms with Crippen LogP contribution >= 0.6 is 0 Å². The summed E-state index contributed by atoms with van der Waals surface area (Å²) in [5.74, 6) is -0.0306. The highest BCUT2D eigenvalue weighted by Crippen LogP contribution is 2.32. The SMILES string of the molecule is Fc1ccc(F)c(CN2CCCC[C@@H]2c2nc(-c3cnccn3)no2)c1. The molecule has 1 aliphatic rings. The number of halogens is 2. The Balaban J connectivity index is 1.58. The van der Waals surface area contributed by atoms with Gasteiger partial charge in [-0.3, -0.25) is 9.88 Å². The van der Waals surface area contributed by atoms with E-state index in [9.17, 15) is 8.78 Å². The van der Waals surface area contributed by atoms with Crippen molar-refractivity contribution in [2.24, 2.45) is 0 Å². The summed E-state index contributed by atoms with van der Waals surface area (Å²) < 4.78 is 32.9. The van der Waals surface area contributed by atoms with E-state index in [0.717, 1.165) is 37.9 Å². The molecule has 1 fully saturated rings. The zero-order valence-electron chi connectivity index (χ0n) is 14.0. The minimum atomic E-state index is -0.447. The van der Waals surface area contributed by atoms with E-state index in [0.29, 0.717) is 23.0 Å². The lowest BCUT2D eigenvalue weighted by atomic mass is 10.0. The lowest BCUT2D eigenvalue weighted by Gasteiger charge is -2.33. The van der Waals surface area contributed by atoms with Gasteiger partial charge in [-0.1, -0.05) is 11.6 Å². The highest BCUT2D eigenvalue weighted by Gasteiger charge is 2.29. The Morgan fingerprint density at radius 1 is 1.19 bits per heavy atom. The van der Waals surface area contributed by atoms with Crippen molar-refractivity contribution in [3.8, 4) is 11.5 Å². The van der Waals surface area contributed by atoms with Gasteiger partial charge in [-0.2, -0.15) is 4.98 Å². The number of benzene rings is 1. The standard InChI is InChI=1S/C18H17F2N5O/c19-13-4-5-14(20)12(9-13)11-25-8-2-1-3-16(25)18-23-17(24-26-18)15-10-21-6-7-22-15/h4-7,9-10,16H,1-3,8,11H2/t16-/m1/s1. The lowest BCUT2D eigenvalue weighted by Crippen LogP contribution is -2.33. The topological polar surface area (TPSA) is 67.9 Å². The minimum absolute atomic E-state index is 0.135. The highest BCUT2D eigenvalue weighted by atomic mass is 19.1. The second-order valence-electron chi connectivity index (χ2n) is 6.26. The van der Waals surface area contributed by atoms with Crippen molar-refractivity contribution in [3.63, 3.8) is 0 Å². The van der Waals surface area contributed by atoms with Crippen molar-refractivity contribution >= 4 is 0 Å². The monoisotopic (exact) mass is 357 g/mol. The second-order valence-corrected chi connectivity index (χ2v) is 6.26. The summed E-state index contributed by atoms with van der Waals surface area (Å²) in [5, 5.41) is 3.99. The molecular formula is C18H17F2N5O. The number of piperidine rings is 1. The summed E-state index contributed by atoms with van der Waals surface area (Å²) in [4.78, 5) is 14.7. The van der Waals surface area contributed by atoms with Gasteiger partial charge in [0.2, 0.25) is 11.7 Å². The molecule has 1 aromatic carbocycles. The van der Waals surface area contributed by atoms with Crippen LogP contribution < -0.4 is 0 Å². The van der Waals surface area contributed by atoms with E-state index in [2.05, 4.69) is 25.0 Å². The van der Waals surface area contributed by atoms with Gasteiger partial charge in [-0.05, 0) is 37.6 Å². The smallest absolute Gasteiger partial charge is 0.244 e. The molecule has 6 nitrogen and oxygen atoms in total. The third-order valence-corrected chi connectivity index (χ3v) is 4.51. The van der Waals surface area contributed by atoms with Crippen LogP contribution in [0.4, 0.5) is 8.78 Å². The van der Waals surface area contributed by atoms with Crippen molar-refractivity contribution in [1.29, 1.82) is 0 Å². The molecule has 0 saturated carbocycles. The Bertz CT molecular complexity index is 886. The van der Waals surface area contributed by atoms with E-state index in [1.165, 1.54) is 6.07 Å². The van der Waals surface area contributed by atoms with Crippen molar-refractivity contribution < 1.29 is 13.3 Å². The van der Waals surface area contributed by atoms with Crippen LogP contribution in [0, 0.1) is 11.6 Å². The van der Waals surface area contributed by atoms with Gasteiger partial charge in [0.15, 0.2) is 0 Å². The van der Waals surface area contributed by atoms with Gasteiger partial charge in [0.1, 0.15) is 17.3 Å². The fourth-order valence-corrected chi connectivity index (χ4v) is 3.23. The molecule has 0 N–H and O–H groups in total. The molecule has 0 radical (unpaired) electrons. The Hall–Kier alpha value is -2.74. The first-order valence-corrected chi connectivity index (χ1v) is 8.48. The summed E-state index contributed by atoms with van der Waals surface area (Å²) in [6.07, 6.45) is 7.51. The average Bonchev–Trinajstić information content (AvgIpc) is 3.16. The van der Waals surface area contributed by atoms with Crippen LogP contribution in [0.25, 0.3) is 11.5 Å². The molecule has 8 heteroatoms. The molecule has 3 aromatic rings. The van der Waals surface area contributed by atoms with Crippen LogP contribution in [0.5, 0.6) is 0 Å². The highest BCUT2D eigenvalue weighted by molar-refractivity contribution is 5.45. The van der Waals surface area contributed by atoms with Crippen molar-refractivity contribution in [2.45, 2.75) is 31.8 Å². The molecule has 1 aliphatic heterocycles. The summed E-state index contributed by atoms with van der Waals surface area (Å²) in [6.45, 7) is 1.04. The molecule has 0 amide bonds. The molecule has 26 heavy (non-hydrogen) atoms. The molecule has 1 atom stereocenters. The fourth-order valence-electron chi connectivity index (χ4n) is 3.23. The third kappa shape index (κ3) is 3.45. The zero-order chi connectivity index (χ0) is 17.9. The number of hydrogen-bond acceptors (Lipinski definition) is 6. The van der Waals surface area contributed by atoms with E-state index in [-0.39, 0.29) is 12.6 Å². The molecule has 134 valence electrons. The maximum atomic E-state index is 14.0. The number of nitrogens with zero attached hydrogens (tertiary/aromatic N) is 5. The van der Waals surface area contributed by atoms with Gasteiger partial charge in [0.05, 0.1) is 12.2 Å². The zero-order valence-corrected chi connectivity index (χ0v) is 14.0. The molecule has 0 aliphatic carbocycles. The van der Waals surface area contributed by atoms with E-state index < -0.39 is 11.6 Å². The Morgan fingerprint density at radius 3 is 2.96 bits per heavy atom. The third-order valence-electron chi connectivity index (χ3n) is 4.51. The summed E-state index contributed by atoms with van der Waals surface area (Å²) >= 11 is 0. The maximum Gasteiger partial charge on any atom is 0.244 e. The van der Waals surface area contributed by atoms with Gasteiger partial charge in [-0.25, -0.2) is 13.8 Å². The molecule has 0 unspecified atom stereocenters. The Labute approximate surface area is 148 Å². The first kappa shape index (κ1) is 16.7. The first-order chi connectivity index (χ1) is 12.7. The molecular weight excluding hydrogens is 340 g/mol. The minimum Gasteiger partial charge on any atom is -0.337 e. The normalized spacial score (nSPS) is 18.2. The molecule has 4 rings (SSSR count). The van der Waals surface area contributed by atoms with Gasteiger partial charge < -0.3 is 4.52 Å². The largest absolute Gasteiger partial charge is 0.337 e. The van der Waals surface area contributed by atoms with Crippen LogP contribution in [0.2, 0.25) is 0 Å². The van der Waals surface area contributed by atoms with E-state index in [4.69, 9.17) is 4.52 Å². The van der Waals surface area contributed by atoms with Crippen LogP contribution in [-0.4, -0.2) is 31.6 Å². The van der Waals surface area contributed by atoms with Gasteiger partial charge >= 0.3 is 0 Å². The molecule has 0 spiro atoms. The van der Waals surface area contributed by atoms with E-state index >= 15 is 0 Å². The van der Waals surface area contributed by atoms with Crippen LogP contribution in [0.1, 0.15) is 36.8 Å². The van der Waals surface area contributed by atoms with Gasteiger partial charge in [0.25, 0.3) is 0 Å². The van der Waals surface area contributed by atoms with Crippen LogP contribution in [0.3, 0.4) is 0 Å². The van der Waals surface area contributed by atoms with Gasteiger partial charge in [-0.15, -0.1) is 0 Å². The number of rotatable bonds is 4. The van der Waals surface area contributed by atoms with Crippen molar-refractivity contribution in [1.82, 2.24) is 25.0 Å². The molecule has 0 bridgehead atoms. The lowest BCUT2D eigenvalue weighted by molar-refractivity contribution is 0.110. The Kier molecular flexibility index (Phi) is 4.66. The van der Waals surface area contributed by atoms with E-state index in [1.54, 1.807) is 18.6 Å². The van der Waals surface area contributed by atoms with Gasteiger partial charge in [0, 0.05) is 24.5 Å².